The van der Waals surface area contributed by atoms with Crippen LogP contribution in [0.15, 0.2) is 27.4 Å². The Labute approximate surface area is 120 Å². The van der Waals surface area contributed by atoms with Gasteiger partial charge in [0.25, 0.3) is 0 Å². The van der Waals surface area contributed by atoms with Crippen LogP contribution in [0.3, 0.4) is 0 Å². The fourth-order valence-electron chi connectivity index (χ4n) is 2.66. The lowest BCUT2D eigenvalue weighted by molar-refractivity contribution is 0.278. The molecular formula is C14H16BrN3O. The zero-order valence-electron chi connectivity index (χ0n) is 11.0. The molecule has 4 nitrogen and oxygen atoms in total. The molecule has 0 aromatic carbocycles. The van der Waals surface area contributed by atoms with E-state index < -0.39 is 0 Å². The maximum absolute atomic E-state index is 6.20. The first-order valence-corrected chi connectivity index (χ1v) is 7.11. The Morgan fingerprint density at radius 1 is 1.42 bits per heavy atom. The Balaban J connectivity index is 2.04. The summed E-state index contributed by atoms with van der Waals surface area (Å²) in [5.41, 5.74) is 8.49. The van der Waals surface area contributed by atoms with Crippen LogP contribution in [0, 0.1) is 5.41 Å². The monoisotopic (exact) mass is 321 g/mol. The van der Waals surface area contributed by atoms with E-state index in [4.69, 9.17) is 10.2 Å². The first-order valence-electron chi connectivity index (χ1n) is 6.32. The lowest BCUT2D eigenvalue weighted by Crippen LogP contribution is -2.30. The van der Waals surface area contributed by atoms with Gasteiger partial charge in [0.05, 0.1) is 0 Å². The number of hydrogen-bond donors (Lipinski definition) is 1. The highest BCUT2D eigenvalue weighted by Gasteiger charge is 2.31. The van der Waals surface area contributed by atoms with Gasteiger partial charge in [-0.1, -0.05) is 13.8 Å². The van der Waals surface area contributed by atoms with Gasteiger partial charge in [-0.25, -0.2) is 9.97 Å². The van der Waals surface area contributed by atoms with Gasteiger partial charge in [-0.2, -0.15) is 0 Å². The van der Waals surface area contributed by atoms with Crippen molar-refractivity contribution in [3.05, 3.63) is 34.3 Å². The lowest BCUT2D eigenvalue weighted by atomic mass is 9.74. The lowest BCUT2D eigenvalue weighted by Gasteiger charge is -2.34. The zero-order valence-corrected chi connectivity index (χ0v) is 12.6. The molecule has 0 radical (unpaired) electrons. The largest absolute Gasteiger partial charge is 0.446 e. The second-order valence-electron chi connectivity index (χ2n) is 5.85. The Hall–Kier alpha value is -1.20. The average molecular weight is 322 g/mol. The van der Waals surface area contributed by atoms with Crippen molar-refractivity contribution in [2.24, 2.45) is 11.1 Å². The third-order valence-electron chi connectivity index (χ3n) is 3.51. The van der Waals surface area contributed by atoms with E-state index in [1.165, 1.54) is 0 Å². The van der Waals surface area contributed by atoms with Gasteiger partial charge in [0.15, 0.2) is 16.3 Å². The maximum atomic E-state index is 6.20. The SMILES string of the molecule is CC1(C)Cc2nc(-c3ccc(Br)o3)ncc2C(N)C1. The van der Waals surface area contributed by atoms with Crippen LogP contribution in [0.1, 0.15) is 37.6 Å². The number of fused-ring (bicyclic) bond motifs is 1. The summed E-state index contributed by atoms with van der Waals surface area (Å²) in [6, 6.07) is 3.73. The number of aromatic nitrogens is 2. The molecule has 0 aliphatic heterocycles. The van der Waals surface area contributed by atoms with E-state index in [1.807, 2.05) is 18.3 Å². The van der Waals surface area contributed by atoms with Crippen molar-refractivity contribution in [3.8, 4) is 11.6 Å². The molecule has 2 N–H and O–H groups in total. The summed E-state index contributed by atoms with van der Waals surface area (Å²) in [5.74, 6) is 1.29. The smallest absolute Gasteiger partial charge is 0.195 e. The van der Waals surface area contributed by atoms with Gasteiger partial charge in [0, 0.05) is 23.5 Å². The van der Waals surface area contributed by atoms with E-state index >= 15 is 0 Å². The van der Waals surface area contributed by atoms with Crippen LogP contribution >= 0.6 is 15.9 Å². The molecule has 5 heteroatoms. The summed E-state index contributed by atoms with van der Waals surface area (Å²) in [7, 11) is 0. The molecule has 3 rings (SSSR count). The van der Waals surface area contributed by atoms with Gasteiger partial charge in [-0.3, -0.25) is 0 Å². The summed E-state index contributed by atoms with van der Waals surface area (Å²) in [6.45, 7) is 4.45. The second kappa shape index (κ2) is 4.42. The third-order valence-corrected chi connectivity index (χ3v) is 3.94. The first kappa shape index (κ1) is 12.8. The van der Waals surface area contributed by atoms with Gasteiger partial charge in [0.2, 0.25) is 0 Å². The molecule has 0 saturated heterocycles. The quantitative estimate of drug-likeness (QED) is 0.873. The molecule has 2 heterocycles. The predicted molar refractivity (Wildman–Crippen MR) is 76.5 cm³/mol. The fraction of sp³-hybridized carbons (Fsp3) is 0.429. The van der Waals surface area contributed by atoms with Crippen molar-refractivity contribution in [2.45, 2.75) is 32.7 Å². The van der Waals surface area contributed by atoms with Crippen molar-refractivity contribution in [1.82, 2.24) is 9.97 Å². The van der Waals surface area contributed by atoms with Gasteiger partial charge < -0.3 is 10.2 Å². The second-order valence-corrected chi connectivity index (χ2v) is 6.63. The van der Waals surface area contributed by atoms with Crippen molar-refractivity contribution >= 4 is 15.9 Å². The Morgan fingerprint density at radius 2 is 2.21 bits per heavy atom. The molecule has 19 heavy (non-hydrogen) atoms. The minimum Gasteiger partial charge on any atom is -0.446 e. The molecule has 1 aliphatic rings. The minimum absolute atomic E-state index is 0.0242. The molecular weight excluding hydrogens is 306 g/mol. The maximum Gasteiger partial charge on any atom is 0.195 e. The van der Waals surface area contributed by atoms with Crippen LogP contribution in [0.5, 0.6) is 0 Å². The molecule has 0 bridgehead atoms. The highest BCUT2D eigenvalue weighted by atomic mass is 79.9. The summed E-state index contributed by atoms with van der Waals surface area (Å²) in [6.07, 6.45) is 3.73. The molecule has 0 saturated carbocycles. The molecule has 2 aromatic heterocycles. The normalized spacial score (nSPS) is 21.2. The van der Waals surface area contributed by atoms with E-state index in [-0.39, 0.29) is 11.5 Å². The molecule has 1 atom stereocenters. The van der Waals surface area contributed by atoms with Gasteiger partial charge in [0.1, 0.15) is 0 Å². The molecule has 1 aliphatic carbocycles. The summed E-state index contributed by atoms with van der Waals surface area (Å²) in [5, 5.41) is 0. The van der Waals surface area contributed by atoms with Crippen LogP contribution in [0.4, 0.5) is 0 Å². The van der Waals surface area contributed by atoms with Gasteiger partial charge >= 0.3 is 0 Å². The van der Waals surface area contributed by atoms with Crippen LogP contribution < -0.4 is 5.73 Å². The van der Waals surface area contributed by atoms with E-state index in [0.717, 1.165) is 24.1 Å². The highest BCUT2D eigenvalue weighted by Crippen LogP contribution is 2.39. The number of hydrogen-bond acceptors (Lipinski definition) is 4. The van der Waals surface area contributed by atoms with Crippen LogP contribution in [0.25, 0.3) is 11.6 Å². The number of rotatable bonds is 1. The Morgan fingerprint density at radius 3 is 2.89 bits per heavy atom. The number of furan rings is 1. The first-order chi connectivity index (χ1) is 8.94. The molecule has 0 amide bonds. The van der Waals surface area contributed by atoms with Crippen molar-refractivity contribution in [3.63, 3.8) is 0 Å². The summed E-state index contributed by atoms with van der Waals surface area (Å²) in [4.78, 5) is 9.01. The topological polar surface area (TPSA) is 64.9 Å². The average Bonchev–Trinajstić information content (AvgIpc) is 2.73. The number of halogens is 1. The fourth-order valence-corrected chi connectivity index (χ4v) is 2.97. The Bertz CT molecular complexity index is 621. The number of nitrogens with zero attached hydrogens (tertiary/aromatic N) is 2. The van der Waals surface area contributed by atoms with Crippen molar-refractivity contribution < 1.29 is 4.42 Å². The van der Waals surface area contributed by atoms with E-state index in [1.54, 1.807) is 0 Å². The zero-order chi connectivity index (χ0) is 13.6. The minimum atomic E-state index is 0.0242. The van der Waals surface area contributed by atoms with Crippen LogP contribution in [-0.4, -0.2) is 9.97 Å². The third kappa shape index (κ3) is 2.44. The van der Waals surface area contributed by atoms with E-state index in [9.17, 15) is 0 Å². The van der Waals surface area contributed by atoms with Gasteiger partial charge in [-0.15, -0.1) is 0 Å². The van der Waals surface area contributed by atoms with E-state index in [0.29, 0.717) is 16.3 Å². The molecule has 2 aromatic rings. The molecule has 0 spiro atoms. The van der Waals surface area contributed by atoms with Crippen molar-refractivity contribution in [2.75, 3.05) is 0 Å². The van der Waals surface area contributed by atoms with E-state index in [2.05, 4.69) is 39.7 Å². The summed E-state index contributed by atoms with van der Waals surface area (Å²) >= 11 is 3.29. The highest BCUT2D eigenvalue weighted by molar-refractivity contribution is 9.10. The molecule has 100 valence electrons. The number of nitrogens with two attached hydrogens (primary N) is 1. The van der Waals surface area contributed by atoms with Gasteiger partial charge in [-0.05, 0) is 46.3 Å². The Kier molecular flexibility index (Phi) is 2.98. The molecule has 0 fully saturated rings. The summed E-state index contributed by atoms with van der Waals surface area (Å²) < 4.78 is 6.18. The van der Waals surface area contributed by atoms with Crippen molar-refractivity contribution in [1.29, 1.82) is 0 Å². The molecule has 1 unspecified atom stereocenters. The van der Waals surface area contributed by atoms with Crippen LogP contribution in [-0.2, 0) is 6.42 Å². The predicted octanol–water partition coefficient (Wildman–Crippen LogP) is 3.47. The van der Waals surface area contributed by atoms with Crippen LogP contribution in [0.2, 0.25) is 0 Å². The standard InChI is InChI=1S/C14H16BrN3O/c1-14(2)5-9(16)8-7-17-13(18-10(8)6-14)11-3-4-12(15)19-11/h3-4,7,9H,5-6,16H2,1-2H3.